The maximum Gasteiger partial charge on any atom is 0.339 e. The molecule has 23 nitrogen and oxygen atoms in total. The number of nitrogens with one attached hydrogen (secondary N) is 1. The summed E-state index contributed by atoms with van der Waals surface area (Å²) in [4.78, 5) is 89.9. The molecule has 0 saturated carbocycles. The molecule has 0 unspecified atom stereocenters. The van der Waals surface area contributed by atoms with Crippen LogP contribution in [0.3, 0.4) is 0 Å². The molecule has 1 heterocycles. The van der Waals surface area contributed by atoms with E-state index in [1.807, 2.05) is 73.8 Å². The molecule has 0 atom stereocenters. The van der Waals surface area contributed by atoms with Crippen LogP contribution in [-0.2, 0) is 33.2 Å². The van der Waals surface area contributed by atoms with Gasteiger partial charge in [-0.3, -0.25) is 9.18 Å². The zero-order valence-corrected chi connectivity index (χ0v) is 78.5. The number of carboxylic acid groups (broad SMARTS) is 1. The molecule has 0 saturated heterocycles. The molecule has 7 aromatic carbocycles. The Morgan fingerprint density at radius 2 is 0.791 bits per heavy atom. The SMILES string of the molecule is C#C[Si](C)(C)C.CC(=O)Cl.CO.COC(=O)c1cc(C#C[Si](C)(C)C)c(N)cc1Cl.COC(=O)c1cc(I)c(N)cc1Cl.COC(=O)c1cc(I)c(N)cc1Cl.COC(=O)c1cc2cc[nH]c2cc1Cl.COC(=O)c1ccc(N)c(I)c1Cl.COC(=O)c1ccc(N)cc1Cl.ClI.Nc1ccc(C(=O)O)c(Cl)c1.[2H]CF. The third-order valence-corrected chi connectivity index (χ3v) is 19.1. The van der Waals surface area contributed by atoms with Crippen molar-refractivity contribution in [2.75, 3.05) is 91.3 Å². The van der Waals surface area contributed by atoms with E-state index in [1.165, 1.54) is 98.1 Å². The van der Waals surface area contributed by atoms with Gasteiger partial charge in [-0.15, -0.1) is 17.5 Å². The number of nitrogen functional groups attached to an aromatic ring is 6. The number of carboxylic acids is 1. The van der Waals surface area contributed by atoms with Gasteiger partial charge in [-0.25, -0.2) is 33.6 Å². The summed E-state index contributed by atoms with van der Waals surface area (Å²) in [6.07, 6.45) is 6.91. The van der Waals surface area contributed by atoms with Gasteiger partial charge in [0.2, 0.25) is 5.24 Å². The number of carbonyl (C=O) groups is 8. The lowest BCUT2D eigenvalue weighted by Gasteiger charge is -2.07. The molecule has 0 aliphatic rings. The number of anilines is 6. The minimum atomic E-state index is -1.50. The molecule has 0 spiro atoms. The summed E-state index contributed by atoms with van der Waals surface area (Å²) in [5.74, 6) is -0.760. The zero-order chi connectivity index (χ0) is 87.1. The molecule has 110 heavy (non-hydrogen) atoms. The summed E-state index contributed by atoms with van der Waals surface area (Å²) in [7, 11) is 9.87. The molecule has 0 aliphatic heterocycles. The number of hydrogen-bond donors (Lipinski definition) is 9. The second-order valence-electron chi connectivity index (χ2n) is 22.0. The highest BCUT2D eigenvalue weighted by atomic mass is 127. The first-order valence-electron chi connectivity index (χ1n) is 30.4. The van der Waals surface area contributed by atoms with E-state index in [0.29, 0.717) is 96.2 Å². The van der Waals surface area contributed by atoms with E-state index in [-0.39, 0.29) is 26.4 Å². The minimum absolute atomic E-state index is 0.0702. The Hall–Kier alpha value is -6.19. The number of aliphatic hydroxyl groups is 1. The summed E-state index contributed by atoms with van der Waals surface area (Å²) in [6, 6.07) is 26.8. The number of rotatable bonds is 7. The van der Waals surface area contributed by atoms with Crippen LogP contribution >= 0.6 is 191 Å². The Labute approximate surface area is 739 Å². The molecule has 8 aromatic rings. The fraction of sp³-hybridized carbons (Fsp3) is 0.211. The Balaban J connectivity index is -0.000000583. The average molecular weight is 2190 g/mol. The quantitative estimate of drug-likeness (QED) is 0.0136. The van der Waals surface area contributed by atoms with Gasteiger partial charge < -0.3 is 78.0 Å². The van der Waals surface area contributed by atoms with Gasteiger partial charge >= 0.3 is 41.8 Å². The van der Waals surface area contributed by atoms with Crippen LogP contribution in [0.25, 0.3) is 10.9 Å². The number of aromatic amines is 1. The number of methoxy groups -OCH3 is 6. The fourth-order valence-electron chi connectivity index (χ4n) is 6.56. The molecule has 0 bridgehead atoms. The van der Waals surface area contributed by atoms with E-state index in [2.05, 4.69) is 110 Å². The van der Waals surface area contributed by atoms with Crippen LogP contribution in [0.4, 0.5) is 38.5 Å². The Morgan fingerprint density at radius 3 is 1.14 bits per heavy atom. The van der Waals surface area contributed by atoms with Gasteiger partial charge in [-0.1, -0.05) is 126 Å². The summed E-state index contributed by atoms with van der Waals surface area (Å²) >= 11 is 52.9. The number of ether oxygens (including phenoxy) is 6. The summed E-state index contributed by atoms with van der Waals surface area (Å²) in [5.41, 5.74) is 46.0. The van der Waals surface area contributed by atoms with E-state index in [9.17, 15) is 42.7 Å². The van der Waals surface area contributed by atoms with Crippen molar-refractivity contribution in [3.8, 4) is 23.4 Å². The van der Waals surface area contributed by atoms with Crippen molar-refractivity contribution in [3.05, 3.63) is 200 Å². The highest BCUT2D eigenvalue weighted by Crippen LogP contribution is 2.31. The fourth-order valence-corrected chi connectivity index (χ4v) is 10.2. The molecular weight excluding hydrogens is 2110 g/mol. The predicted octanol–water partition coefficient (Wildman–Crippen LogP) is 19.9. The third-order valence-electron chi connectivity index (χ3n) is 11.7. The number of fused-ring (bicyclic) bond motifs is 1. The number of hydrogen-bond acceptors (Lipinski definition) is 21. The lowest BCUT2D eigenvalue weighted by Crippen LogP contribution is -2.16. The first-order valence-corrected chi connectivity index (χ1v) is 45.6. The van der Waals surface area contributed by atoms with E-state index in [4.69, 9.17) is 134 Å². The van der Waals surface area contributed by atoms with Gasteiger partial charge in [0.1, 0.15) is 16.1 Å². The largest absolute Gasteiger partial charge is 0.478 e. The number of halogens is 14. The number of aromatic nitrogens is 1. The lowest BCUT2D eigenvalue weighted by molar-refractivity contribution is -0.109. The van der Waals surface area contributed by atoms with Crippen LogP contribution in [0.15, 0.2) is 109 Å². The van der Waals surface area contributed by atoms with Crippen LogP contribution in [-0.4, -0.2) is 135 Å². The number of terminal acetylenes is 1. The van der Waals surface area contributed by atoms with Crippen molar-refractivity contribution < 1.29 is 82.8 Å². The molecule has 600 valence electrons. The number of benzene rings is 7. The van der Waals surface area contributed by atoms with E-state index < -0.39 is 65.1 Å². The third kappa shape index (κ3) is 42.6. The van der Waals surface area contributed by atoms with Crippen molar-refractivity contribution in [1.29, 1.82) is 0 Å². The molecule has 15 N–H and O–H groups in total. The van der Waals surface area contributed by atoms with Crippen LogP contribution < -0.4 is 34.4 Å². The average Bonchev–Trinajstić information content (AvgIpc) is 1.79. The van der Waals surface area contributed by atoms with Crippen molar-refractivity contribution in [2.24, 2.45) is 0 Å². The monoisotopic (exact) mass is 2180 g/mol. The van der Waals surface area contributed by atoms with Crippen LogP contribution in [0.1, 0.15) is 86.4 Å². The molecule has 0 aliphatic carbocycles. The summed E-state index contributed by atoms with van der Waals surface area (Å²) in [6.45, 7) is 14.1. The molecule has 8 rings (SSSR count). The number of esters is 6. The normalized spacial score (nSPS) is 9.58. The van der Waals surface area contributed by atoms with E-state index in [0.717, 1.165) is 25.2 Å². The maximum absolute atomic E-state index is 11.5. The Morgan fingerprint density at radius 1 is 0.482 bits per heavy atom. The molecule has 1 aromatic heterocycles. The van der Waals surface area contributed by atoms with Gasteiger partial charge in [0.15, 0.2) is 0 Å². The topological polar surface area (TPSA) is 404 Å². The van der Waals surface area contributed by atoms with Crippen LogP contribution in [0.2, 0.25) is 74.4 Å². The molecule has 0 radical (unpaired) electrons. The summed E-state index contributed by atoms with van der Waals surface area (Å²) in [5, 5.41) is 18.2. The minimum Gasteiger partial charge on any atom is -0.478 e. The highest BCUT2D eigenvalue weighted by Gasteiger charge is 2.19. The van der Waals surface area contributed by atoms with Crippen molar-refractivity contribution in [1.82, 2.24) is 4.98 Å². The standard InChI is InChI=1S/C13H16ClNO2Si.C10H8ClNO2.3C8H7ClINO2.C8H8ClNO2.C7H6ClNO2.C5H10Si.C2H3ClO.CH3F.CH4O.ClI/c1-17-13(16)10-7-9(5-6-18(2,3)4)12(15)8-11(10)14;1-14-10(13)7-4-6-2-3-12-9(6)5-8(7)11;2*1-13-8(12)4-2-6(10)7(11)3-5(4)9;1-13-8(12)4-2-3-5(11)7(10)6(4)9;1-12-8(11)6-3-2-5(10)4-7(6)9;8-6-3-4(9)1-2-5(6)7(10)11;1-5-6(2,3)4;1-2(3)4;3*1-2/h7-8H,15H2,1-4H3;2-5,12H,1H3;3*2-3H,11H2,1H3;2-4H,10H2,1H3;1-3H,9H2,(H,10,11);1H,2-4H3;1H3;1H3;2H,1H3;/i;;;;;;;;;1D;;. The number of alkyl halides is 1. The van der Waals surface area contributed by atoms with Gasteiger partial charge in [-0.2, -0.15) is 0 Å². The second-order valence-corrected chi connectivity index (χ2v) is 38.2. The Bertz CT molecular complexity index is 4460. The van der Waals surface area contributed by atoms with Crippen LogP contribution in [0.5, 0.6) is 0 Å². The molecular formula is C71H79Cl9FI4N7O16Si2. The predicted molar refractivity (Wildman–Crippen MR) is 486 cm³/mol. The molecule has 0 fully saturated rings. The first kappa shape index (κ1) is 108. The first-order chi connectivity index (χ1) is 51.6. The van der Waals surface area contributed by atoms with Crippen LogP contribution in [0, 0.1) is 34.1 Å². The molecule has 39 heteroatoms. The van der Waals surface area contributed by atoms with Gasteiger partial charge in [-0.05, 0) is 191 Å². The van der Waals surface area contributed by atoms with Gasteiger partial charge in [0, 0.05) is 99.4 Å². The van der Waals surface area contributed by atoms with E-state index in [1.54, 1.807) is 76.2 Å². The van der Waals surface area contributed by atoms with E-state index >= 15 is 0 Å². The lowest BCUT2D eigenvalue weighted by atomic mass is 10.1. The second kappa shape index (κ2) is 57.8. The molecule has 0 amide bonds. The van der Waals surface area contributed by atoms with Crippen molar-refractivity contribution in [3.63, 3.8) is 0 Å². The number of H-pyrrole nitrogens is 1. The summed E-state index contributed by atoms with van der Waals surface area (Å²) < 4.78 is 45.1. The van der Waals surface area contributed by atoms with Gasteiger partial charge in [0.25, 0.3) is 0 Å². The number of nitrogens with two attached hydrogens (primary N) is 6. The number of carbonyl (C=O) groups excluding carboxylic acids is 7. The van der Waals surface area contributed by atoms with Crippen molar-refractivity contribution in [2.45, 2.75) is 46.2 Å². The number of aromatic carboxylic acids is 1. The smallest absolute Gasteiger partial charge is 0.339 e. The number of aliphatic hydroxyl groups excluding tert-OH is 1. The van der Waals surface area contributed by atoms with Gasteiger partial charge in [0.05, 0.1) is 129 Å². The van der Waals surface area contributed by atoms with Crippen molar-refractivity contribution >= 4 is 299 Å². The Kier molecular flexibility index (Phi) is 56.7. The highest BCUT2D eigenvalue weighted by molar-refractivity contribution is 14.1. The maximum atomic E-state index is 11.5. The zero-order valence-electron chi connectivity index (χ0n) is 62.0.